The molecule has 0 radical (unpaired) electrons. The normalized spacial score (nSPS) is 10.5. The van der Waals surface area contributed by atoms with Crippen LogP contribution in [0.5, 0.6) is 0 Å². The smallest absolute Gasteiger partial charge is 0.0341 e. The van der Waals surface area contributed by atoms with Crippen LogP contribution < -0.4 is 10.6 Å². The summed E-state index contributed by atoms with van der Waals surface area (Å²) in [6, 6.07) is 8.55. The summed E-state index contributed by atoms with van der Waals surface area (Å²) < 4.78 is 0. The van der Waals surface area contributed by atoms with Crippen LogP contribution >= 0.6 is 0 Å². The monoisotopic (exact) mass is 220 g/mol. The van der Waals surface area contributed by atoms with E-state index in [9.17, 15) is 0 Å². The third-order valence-corrected chi connectivity index (χ3v) is 2.46. The lowest BCUT2D eigenvalue weighted by atomic mass is 10.2. The topological polar surface area (TPSA) is 24.1 Å². The highest BCUT2D eigenvalue weighted by molar-refractivity contribution is 5.53. The number of anilines is 2. The Morgan fingerprint density at radius 2 is 1.56 bits per heavy atom. The van der Waals surface area contributed by atoms with Crippen LogP contribution in [0.15, 0.2) is 24.3 Å². The maximum absolute atomic E-state index is 3.41. The Morgan fingerprint density at radius 1 is 1.00 bits per heavy atom. The molecule has 0 aliphatic rings. The summed E-state index contributed by atoms with van der Waals surface area (Å²) in [5, 5.41) is 6.82. The Balaban J connectivity index is 2.35. The average molecular weight is 220 g/mol. The van der Waals surface area contributed by atoms with E-state index < -0.39 is 0 Å². The van der Waals surface area contributed by atoms with E-state index >= 15 is 0 Å². The fourth-order valence-electron chi connectivity index (χ4n) is 1.44. The van der Waals surface area contributed by atoms with E-state index in [-0.39, 0.29) is 0 Å². The van der Waals surface area contributed by atoms with Crippen LogP contribution in [0.25, 0.3) is 0 Å². The maximum atomic E-state index is 3.41. The van der Waals surface area contributed by atoms with Crippen LogP contribution in [0.1, 0.15) is 33.6 Å². The van der Waals surface area contributed by atoms with Crippen molar-refractivity contribution < 1.29 is 0 Å². The van der Waals surface area contributed by atoms with E-state index in [0.29, 0.717) is 5.92 Å². The number of hydrogen-bond donors (Lipinski definition) is 2. The van der Waals surface area contributed by atoms with E-state index in [1.807, 2.05) is 0 Å². The van der Waals surface area contributed by atoms with E-state index in [2.05, 4.69) is 55.7 Å². The molecule has 1 aromatic carbocycles. The fraction of sp³-hybridized carbons (Fsp3) is 0.571. The molecule has 0 atom stereocenters. The number of nitrogens with one attached hydrogen (secondary N) is 2. The lowest BCUT2D eigenvalue weighted by molar-refractivity contribution is 0.689. The van der Waals surface area contributed by atoms with Crippen LogP contribution in [-0.4, -0.2) is 13.1 Å². The third kappa shape index (κ3) is 5.06. The van der Waals surface area contributed by atoms with E-state index in [1.54, 1.807) is 0 Å². The molecule has 90 valence electrons. The highest BCUT2D eigenvalue weighted by atomic mass is 14.9. The number of hydrogen-bond acceptors (Lipinski definition) is 2. The highest BCUT2D eigenvalue weighted by Crippen LogP contribution is 2.13. The molecule has 0 aliphatic heterocycles. The zero-order valence-electron chi connectivity index (χ0n) is 10.7. The van der Waals surface area contributed by atoms with Gasteiger partial charge in [-0.3, -0.25) is 0 Å². The summed E-state index contributed by atoms with van der Waals surface area (Å²) in [5.41, 5.74) is 2.42. The molecule has 1 aromatic rings. The molecule has 0 heterocycles. The van der Waals surface area contributed by atoms with Gasteiger partial charge in [-0.1, -0.05) is 27.2 Å². The molecule has 16 heavy (non-hydrogen) atoms. The van der Waals surface area contributed by atoms with Crippen molar-refractivity contribution in [2.75, 3.05) is 23.7 Å². The predicted octanol–water partition coefficient (Wildman–Crippen LogP) is 3.97. The van der Waals surface area contributed by atoms with Crippen LogP contribution in [0.4, 0.5) is 11.4 Å². The zero-order valence-corrected chi connectivity index (χ0v) is 10.7. The van der Waals surface area contributed by atoms with Crippen molar-refractivity contribution in [1.82, 2.24) is 0 Å². The zero-order chi connectivity index (χ0) is 11.8. The van der Waals surface area contributed by atoms with Gasteiger partial charge in [0.1, 0.15) is 0 Å². The molecule has 0 unspecified atom stereocenters. The van der Waals surface area contributed by atoms with Gasteiger partial charge in [-0.15, -0.1) is 0 Å². The van der Waals surface area contributed by atoms with E-state index in [1.165, 1.54) is 24.2 Å². The first-order valence-corrected chi connectivity index (χ1v) is 6.30. The molecule has 0 spiro atoms. The summed E-state index contributed by atoms with van der Waals surface area (Å²) in [6.07, 6.45) is 2.47. The van der Waals surface area contributed by atoms with Crippen molar-refractivity contribution in [3.63, 3.8) is 0 Å². The molecule has 0 fully saturated rings. The van der Waals surface area contributed by atoms with Crippen LogP contribution in [-0.2, 0) is 0 Å². The summed E-state index contributed by atoms with van der Waals surface area (Å²) in [6.45, 7) is 8.74. The first-order valence-electron chi connectivity index (χ1n) is 6.30. The summed E-state index contributed by atoms with van der Waals surface area (Å²) >= 11 is 0. The number of rotatable bonds is 7. The average Bonchev–Trinajstić information content (AvgIpc) is 2.28. The van der Waals surface area contributed by atoms with Crippen molar-refractivity contribution >= 4 is 11.4 Å². The molecule has 2 N–H and O–H groups in total. The lowest BCUT2D eigenvalue weighted by Gasteiger charge is -2.10. The molecule has 0 amide bonds. The van der Waals surface area contributed by atoms with Crippen LogP contribution in [0.3, 0.4) is 0 Å². The Labute approximate surface area is 99.5 Å². The minimum absolute atomic E-state index is 0.683. The van der Waals surface area contributed by atoms with E-state index in [0.717, 1.165) is 13.1 Å². The molecule has 0 saturated carbocycles. The minimum atomic E-state index is 0.683. The largest absolute Gasteiger partial charge is 0.385 e. The second kappa shape index (κ2) is 7.15. The Hall–Kier alpha value is -1.18. The molecule has 0 aromatic heterocycles. The summed E-state index contributed by atoms with van der Waals surface area (Å²) in [4.78, 5) is 0. The standard InChI is InChI=1S/C14H24N2/c1-4-5-10-15-13-6-8-14(9-7-13)16-11-12(2)3/h6-9,12,15-16H,4-5,10-11H2,1-3H3. The second-order valence-electron chi connectivity index (χ2n) is 4.63. The van der Waals surface area contributed by atoms with Crippen molar-refractivity contribution in [2.24, 2.45) is 5.92 Å². The van der Waals surface area contributed by atoms with Gasteiger partial charge in [-0.05, 0) is 36.6 Å². The maximum Gasteiger partial charge on any atom is 0.0341 e. The van der Waals surface area contributed by atoms with Crippen LogP contribution in [0.2, 0.25) is 0 Å². The molecular formula is C14H24N2. The quantitative estimate of drug-likeness (QED) is 0.679. The van der Waals surface area contributed by atoms with Crippen molar-refractivity contribution in [3.05, 3.63) is 24.3 Å². The van der Waals surface area contributed by atoms with Gasteiger partial charge in [0, 0.05) is 24.5 Å². The van der Waals surface area contributed by atoms with Gasteiger partial charge in [0.2, 0.25) is 0 Å². The molecule has 0 saturated heterocycles. The Kier molecular flexibility index (Phi) is 5.76. The van der Waals surface area contributed by atoms with Gasteiger partial charge >= 0.3 is 0 Å². The van der Waals surface area contributed by atoms with Gasteiger partial charge in [0.05, 0.1) is 0 Å². The molecule has 1 rings (SSSR count). The first-order chi connectivity index (χ1) is 7.72. The van der Waals surface area contributed by atoms with Crippen molar-refractivity contribution in [2.45, 2.75) is 33.6 Å². The van der Waals surface area contributed by atoms with Crippen LogP contribution in [0, 0.1) is 5.92 Å². The molecular weight excluding hydrogens is 196 g/mol. The molecule has 2 nitrogen and oxygen atoms in total. The minimum Gasteiger partial charge on any atom is -0.385 e. The molecule has 0 bridgehead atoms. The SMILES string of the molecule is CCCCNc1ccc(NCC(C)C)cc1. The second-order valence-corrected chi connectivity index (χ2v) is 4.63. The first kappa shape index (κ1) is 12.9. The van der Waals surface area contributed by atoms with Crippen molar-refractivity contribution in [3.8, 4) is 0 Å². The van der Waals surface area contributed by atoms with Gasteiger partial charge in [0.25, 0.3) is 0 Å². The Morgan fingerprint density at radius 3 is 2.06 bits per heavy atom. The Bertz CT molecular complexity index is 277. The summed E-state index contributed by atoms with van der Waals surface area (Å²) in [5.74, 6) is 0.683. The molecule has 2 heteroatoms. The number of benzene rings is 1. The fourth-order valence-corrected chi connectivity index (χ4v) is 1.44. The molecule has 0 aliphatic carbocycles. The highest BCUT2D eigenvalue weighted by Gasteiger charge is 1.95. The van der Waals surface area contributed by atoms with Crippen molar-refractivity contribution in [1.29, 1.82) is 0 Å². The third-order valence-electron chi connectivity index (χ3n) is 2.46. The van der Waals surface area contributed by atoms with E-state index in [4.69, 9.17) is 0 Å². The summed E-state index contributed by atoms with van der Waals surface area (Å²) in [7, 11) is 0. The predicted molar refractivity (Wildman–Crippen MR) is 73.2 cm³/mol. The van der Waals surface area contributed by atoms with Gasteiger partial charge in [0.15, 0.2) is 0 Å². The number of unbranched alkanes of at least 4 members (excludes halogenated alkanes) is 1. The van der Waals surface area contributed by atoms with Gasteiger partial charge in [-0.25, -0.2) is 0 Å². The lowest BCUT2D eigenvalue weighted by Crippen LogP contribution is -2.07. The van der Waals surface area contributed by atoms with Gasteiger partial charge < -0.3 is 10.6 Å². The van der Waals surface area contributed by atoms with Gasteiger partial charge in [-0.2, -0.15) is 0 Å².